The molecule has 0 atom stereocenters. The van der Waals surface area contributed by atoms with Gasteiger partial charge in [-0.05, 0) is 70.6 Å². The lowest BCUT2D eigenvalue weighted by atomic mass is 10.1. The number of rotatable bonds is 30. The molecule has 0 amide bonds. The van der Waals surface area contributed by atoms with Crippen LogP contribution in [0.5, 0.6) is 0 Å². The standard InChI is InChI=1S/C12H18.C11H16.C10H14.C9H12.C8H10.C7H8.C6H6O2.C6H6/c1-3-5-7-9-11-12-10-8-6-4-2;1-3-5-7-9-11-10-8-6-4-2;1-3-5-7-9-10-8-6-4-2;1-3-5-7-9-8-6-4-2;1-3-5-7-8-6-4-2;1-3-5-7-6-4-2;1-3-5-8-6(7)4-2;1-3-5-6-4-2/h1-2H,5-12H2;1-2H,5-11H2;1-2H,5-10H2;1-2H,5-9H2;1-2H,5-8H2;1-2H,5-7H2;1,4H,2,5H2;1-2H,5-6H2. The predicted molar refractivity (Wildman–Crippen MR) is 315 cm³/mol. The molecule has 0 N–H and O–H groups in total. The van der Waals surface area contributed by atoms with Crippen molar-refractivity contribution < 1.29 is 9.53 Å². The molecule has 0 aliphatic rings. The summed E-state index contributed by atoms with van der Waals surface area (Å²) in [5.41, 5.74) is 0. The molecule has 2 nitrogen and oxygen atoms in total. The minimum absolute atomic E-state index is 0.0187. The van der Waals surface area contributed by atoms with Gasteiger partial charge in [-0.1, -0.05) is 76.7 Å². The van der Waals surface area contributed by atoms with Crippen LogP contribution in [0.1, 0.15) is 225 Å². The Morgan fingerprint density at radius 1 is 0.254 bits per heavy atom. The van der Waals surface area contributed by atoms with Crippen molar-refractivity contribution >= 4 is 5.97 Å². The normalized spacial score (nSPS) is 7.68. The summed E-state index contributed by atoms with van der Waals surface area (Å²) in [5, 5.41) is 0. The fraction of sp³-hybridized carbons (Fsp3) is 0.522. The molecule has 0 aromatic heterocycles. The van der Waals surface area contributed by atoms with E-state index in [0.717, 1.165) is 128 Å². The van der Waals surface area contributed by atoms with Crippen molar-refractivity contribution in [3.05, 3.63) is 12.7 Å². The molecule has 0 aromatic carbocycles. The number of ether oxygens (including phenoxy) is 1. The summed E-state index contributed by atoms with van der Waals surface area (Å²) in [4.78, 5) is 10.1. The van der Waals surface area contributed by atoms with Gasteiger partial charge in [-0.25, -0.2) is 4.79 Å². The molecule has 0 spiro atoms. The molecule has 0 saturated heterocycles. The summed E-state index contributed by atoms with van der Waals surface area (Å²) in [6.07, 6.45) is 113. The van der Waals surface area contributed by atoms with Crippen LogP contribution in [0.25, 0.3) is 0 Å². The Morgan fingerprint density at radius 2 is 0.408 bits per heavy atom. The zero-order valence-corrected chi connectivity index (χ0v) is 44.2. The Labute approximate surface area is 442 Å². The van der Waals surface area contributed by atoms with E-state index in [9.17, 15) is 4.79 Å². The fourth-order valence-electron chi connectivity index (χ4n) is 4.65. The van der Waals surface area contributed by atoms with Crippen molar-refractivity contribution in [1.82, 2.24) is 0 Å². The highest BCUT2D eigenvalue weighted by atomic mass is 16.5. The van der Waals surface area contributed by atoms with Gasteiger partial charge in [0.05, 0.1) is 0 Å². The quantitative estimate of drug-likeness (QED) is 0.0310. The molecule has 71 heavy (non-hydrogen) atoms. The van der Waals surface area contributed by atoms with Crippen molar-refractivity contribution in [2.75, 3.05) is 6.61 Å². The Hall–Kier alpha value is -7.39. The Kier molecular flexibility index (Phi) is 114. The molecule has 0 bridgehead atoms. The number of carbonyl (C=O) groups is 1. The number of terminal acetylenes is 15. The second-order valence-electron chi connectivity index (χ2n) is 14.8. The van der Waals surface area contributed by atoms with Crippen molar-refractivity contribution in [2.24, 2.45) is 0 Å². The Balaban J connectivity index is -0.000000107. The smallest absolute Gasteiger partial charge is 0.331 e. The average Bonchev–Trinajstić information content (AvgIpc) is 3.39. The van der Waals surface area contributed by atoms with Gasteiger partial charge in [-0.3, -0.25) is 0 Å². The van der Waals surface area contributed by atoms with Crippen LogP contribution in [0.3, 0.4) is 0 Å². The van der Waals surface area contributed by atoms with Gasteiger partial charge in [-0.2, -0.15) is 0 Å². The zero-order valence-electron chi connectivity index (χ0n) is 44.2. The number of carbonyl (C=O) groups excluding carboxylic acids is 1. The summed E-state index contributed by atoms with van der Waals surface area (Å²) < 4.78 is 4.35. The van der Waals surface area contributed by atoms with Crippen LogP contribution in [-0.4, -0.2) is 12.6 Å². The molecule has 0 saturated carbocycles. The second-order valence-corrected chi connectivity index (χ2v) is 14.8. The summed E-state index contributed by atoms with van der Waals surface area (Å²) in [6.45, 7) is 3.19. The lowest BCUT2D eigenvalue weighted by Crippen LogP contribution is -1.98. The van der Waals surface area contributed by atoms with Crippen LogP contribution in [0.2, 0.25) is 0 Å². The minimum atomic E-state index is -0.483. The van der Waals surface area contributed by atoms with Gasteiger partial charge >= 0.3 is 5.97 Å². The lowest BCUT2D eigenvalue weighted by molar-refractivity contribution is -0.136. The largest absolute Gasteiger partial charge is 0.449 e. The first kappa shape index (κ1) is 80.6. The van der Waals surface area contributed by atoms with E-state index in [1.165, 1.54) is 89.9 Å². The first-order chi connectivity index (χ1) is 34.7. The van der Waals surface area contributed by atoms with Crippen LogP contribution in [0, 0.1) is 185 Å². The highest BCUT2D eigenvalue weighted by molar-refractivity contribution is 5.81. The van der Waals surface area contributed by atoms with Crippen LogP contribution in [0.15, 0.2) is 12.7 Å². The van der Waals surface area contributed by atoms with Gasteiger partial charge in [0.2, 0.25) is 0 Å². The molecular weight excluding hydrogens is 861 g/mol. The third-order valence-electron chi connectivity index (χ3n) is 8.48. The van der Waals surface area contributed by atoms with E-state index in [0.29, 0.717) is 12.8 Å². The molecular formula is C69H90O2. The van der Waals surface area contributed by atoms with E-state index in [1.807, 2.05) is 0 Å². The van der Waals surface area contributed by atoms with E-state index >= 15 is 0 Å². The van der Waals surface area contributed by atoms with Crippen molar-refractivity contribution in [3.63, 3.8) is 0 Å². The van der Waals surface area contributed by atoms with Crippen molar-refractivity contribution in [2.45, 2.75) is 225 Å². The van der Waals surface area contributed by atoms with E-state index in [2.05, 4.69) is 100 Å². The Morgan fingerprint density at radius 3 is 0.577 bits per heavy atom. The molecule has 0 unspecified atom stereocenters. The SMILES string of the molecule is C#CCCC#C.C#CCCCC#C.C#CCCCCC#C.C#CCCCCCC#C.C#CCCCCCCC#C.C#CCCCCCCCC#C.C#CCCCCCCCCC#C.C#CCOC(=O)C=C. The van der Waals surface area contributed by atoms with Gasteiger partial charge in [-0.15, -0.1) is 179 Å². The molecule has 0 rings (SSSR count). The number of unbranched alkanes of at least 4 members (excludes halogenated alkanes) is 28. The van der Waals surface area contributed by atoms with Crippen LogP contribution >= 0.6 is 0 Å². The molecule has 0 aromatic rings. The molecule has 2 heteroatoms. The van der Waals surface area contributed by atoms with Gasteiger partial charge in [0.25, 0.3) is 0 Å². The first-order valence-corrected chi connectivity index (χ1v) is 25.0. The molecule has 0 fully saturated rings. The van der Waals surface area contributed by atoms with E-state index in [1.54, 1.807) is 0 Å². The average molecular weight is 951 g/mol. The lowest BCUT2D eigenvalue weighted by Gasteiger charge is -1.97. The molecule has 0 heterocycles. The highest BCUT2D eigenvalue weighted by Crippen LogP contribution is 2.08. The molecule has 378 valence electrons. The van der Waals surface area contributed by atoms with E-state index < -0.39 is 5.97 Å². The van der Waals surface area contributed by atoms with Crippen LogP contribution in [-0.2, 0) is 9.53 Å². The number of hydrogen-bond donors (Lipinski definition) is 0. The van der Waals surface area contributed by atoms with E-state index in [4.69, 9.17) is 96.4 Å². The number of hydrogen-bond acceptors (Lipinski definition) is 2. The zero-order chi connectivity index (χ0) is 55.1. The fourth-order valence-corrected chi connectivity index (χ4v) is 4.65. The third kappa shape index (κ3) is 139. The predicted octanol–water partition coefficient (Wildman–Crippen LogP) is 15.8. The summed E-state index contributed by atoms with van der Waals surface area (Å²) in [6, 6.07) is 0. The summed E-state index contributed by atoms with van der Waals surface area (Å²) in [7, 11) is 0. The highest BCUT2D eigenvalue weighted by Gasteiger charge is 1.91. The van der Waals surface area contributed by atoms with Crippen LogP contribution in [0.4, 0.5) is 0 Å². The first-order valence-electron chi connectivity index (χ1n) is 25.0. The Bertz CT molecular complexity index is 1680. The maximum atomic E-state index is 10.1. The van der Waals surface area contributed by atoms with Gasteiger partial charge in [0.15, 0.2) is 6.61 Å². The molecule has 0 aliphatic heterocycles. The van der Waals surface area contributed by atoms with Gasteiger partial charge in [0, 0.05) is 96.0 Å². The summed E-state index contributed by atoms with van der Waals surface area (Å²) >= 11 is 0. The van der Waals surface area contributed by atoms with Crippen molar-refractivity contribution in [3.8, 4) is 185 Å². The molecule has 0 aliphatic carbocycles. The molecule has 0 radical (unpaired) electrons. The third-order valence-corrected chi connectivity index (χ3v) is 8.48. The second kappa shape index (κ2) is 101. The maximum Gasteiger partial charge on any atom is 0.331 e. The minimum Gasteiger partial charge on any atom is -0.449 e. The topological polar surface area (TPSA) is 26.3 Å². The van der Waals surface area contributed by atoms with E-state index in [-0.39, 0.29) is 6.61 Å². The van der Waals surface area contributed by atoms with Gasteiger partial charge in [0.1, 0.15) is 0 Å². The van der Waals surface area contributed by atoms with Gasteiger partial charge < -0.3 is 4.74 Å². The maximum absolute atomic E-state index is 10.1. The monoisotopic (exact) mass is 951 g/mol. The van der Waals surface area contributed by atoms with Crippen LogP contribution < -0.4 is 0 Å². The summed E-state index contributed by atoms with van der Waals surface area (Å²) in [5.74, 6) is 37.6. The number of esters is 1. The van der Waals surface area contributed by atoms with Crippen molar-refractivity contribution in [1.29, 1.82) is 0 Å².